The molecule has 0 unspecified atom stereocenters. The van der Waals surface area contributed by atoms with Gasteiger partial charge in [0.1, 0.15) is 17.0 Å². The van der Waals surface area contributed by atoms with Crippen LogP contribution < -0.4 is 14.8 Å². The second-order valence-corrected chi connectivity index (χ2v) is 6.16. The van der Waals surface area contributed by atoms with Crippen molar-refractivity contribution in [3.8, 4) is 17.6 Å². The van der Waals surface area contributed by atoms with E-state index in [1.165, 1.54) is 0 Å². The Morgan fingerprint density at radius 2 is 1.69 bits per heavy atom. The van der Waals surface area contributed by atoms with E-state index in [0.717, 1.165) is 19.3 Å². The number of nitriles is 1. The number of rotatable bonds is 8. The number of nitrogens with zero attached hydrogens (tertiary/aromatic N) is 1. The van der Waals surface area contributed by atoms with Gasteiger partial charge in [-0.1, -0.05) is 19.3 Å². The van der Waals surface area contributed by atoms with Crippen molar-refractivity contribution in [2.45, 2.75) is 44.6 Å². The maximum atomic E-state index is 12.0. The van der Waals surface area contributed by atoms with Crippen LogP contribution >= 0.6 is 0 Å². The molecule has 1 aromatic rings. The first-order valence-corrected chi connectivity index (χ1v) is 8.80. The lowest BCUT2D eigenvalue weighted by molar-refractivity contribution is -0.150. The molecule has 1 fully saturated rings. The van der Waals surface area contributed by atoms with Gasteiger partial charge in [0.05, 0.1) is 12.7 Å². The van der Waals surface area contributed by atoms with E-state index in [9.17, 15) is 14.9 Å². The van der Waals surface area contributed by atoms with Gasteiger partial charge in [-0.25, -0.2) is 4.79 Å². The summed E-state index contributed by atoms with van der Waals surface area (Å²) in [5.41, 5.74) is -0.833. The molecular weight excluding hydrogens is 336 g/mol. The van der Waals surface area contributed by atoms with Crippen molar-refractivity contribution in [2.75, 3.05) is 19.8 Å². The molecule has 0 heterocycles. The van der Waals surface area contributed by atoms with Crippen molar-refractivity contribution in [1.82, 2.24) is 5.32 Å². The molecule has 0 atom stereocenters. The van der Waals surface area contributed by atoms with Crippen molar-refractivity contribution in [3.05, 3.63) is 24.3 Å². The van der Waals surface area contributed by atoms with E-state index in [-0.39, 0.29) is 6.61 Å². The summed E-state index contributed by atoms with van der Waals surface area (Å²) >= 11 is 0. The lowest BCUT2D eigenvalue weighted by atomic mass is 9.83. The zero-order valence-corrected chi connectivity index (χ0v) is 15.0. The maximum Gasteiger partial charge on any atom is 0.344 e. The number of hydrogen-bond donors (Lipinski definition) is 1. The Hall–Kier alpha value is -2.75. The summed E-state index contributed by atoms with van der Waals surface area (Å²) in [6.45, 7) is 1.74. The van der Waals surface area contributed by atoms with Crippen LogP contribution in [0.25, 0.3) is 0 Å². The molecule has 1 saturated carbocycles. The summed E-state index contributed by atoms with van der Waals surface area (Å²) in [4.78, 5) is 23.7. The van der Waals surface area contributed by atoms with Gasteiger partial charge in [-0.3, -0.25) is 4.79 Å². The summed E-state index contributed by atoms with van der Waals surface area (Å²) in [6, 6.07) is 9.04. The topological polar surface area (TPSA) is 97.7 Å². The van der Waals surface area contributed by atoms with Crippen LogP contribution in [0.4, 0.5) is 0 Å². The van der Waals surface area contributed by atoms with Gasteiger partial charge in [-0.05, 0) is 44.0 Å². The van der Waals surface area contributed by atoms with Crippen LogP contribution in [0.5, 0.6) is 11.5 Å². The third-order valence-electron chi connectivity index (χ3n) is 4.16. The fourth-order valence-electron chi connectivity index (χ4n) is 2.85. The fraction of sp³-hybridized carbons (Fsp3) is 0.526. The van der Waals surface area contributed by atoms with E-state index in [1.807, 2.05) is 6.92 Å². The molecule has 2 rings (SSSR count). The molecule has 1 amide bonds. The van der Waals surface area contributed by atoms with Crippen LogP contribution in [-0.4, -0.2) is 37.2 Å². The van der Waals surface area contributed by atoms with E-state index in [0.29, 0.717) is 30.9 Å². The molecule has 7 nitrogen and oxygen atoms in total. The number of amides is 1. The standard InChI is InChI=1S/C19H24N2O5/c1-2-24-15-6-8-16(9-7-15)25-13-18(23)26-12-17(22)21-19(14-20)10-4-3-5-11-19/h6-9H,2-5,10-13H2,1H3,(H,21,22). The highest BCUT2D eigenvalue weighted by atomic mass is 16.6. The summed E-state index contributed by atoms with van der Waals surface area (Å²) in [7, 11) is 0. The SMILES string of the molecule is CCOc1ccc(OCC(=O)OCC(=O)NC2(C#N)CCCCC2)cc1. The van der Waals surface area contributed by atoms with Crippen molar-refractivity contribution in [3.63, 3.8) is 0 Å². The lowest BCUT2D eigenvalue weighted by Crippen LogP contribution is -2.50. The molecule has 26 heavy (non-hydrogen) atoms. The third-order valence-corrected chi connectivity index (χ3v) is 4.16. The largest absolute Gasteiger partial charge is 0.494 e. The molecule has 0 bridgehead atoms. The van der Waals surface area contributed by atoms with Gasteiger partial charge in [0.25, 0.3) is 5.91 Å². The monoisotopic (exact) mass is 360 g/mol. The average molecular weight is 360 g/mol. The quantitative estimate of drug-likeness (QED) is 0.715. The van der Waals surface area contributed by atoms with Gasteiger partial charge >= 0.3 is 5.97 Å². The van der Waals surface area contributed by atoms with Crippen LogP contribution in [0.2, 0.25) is 0 Å². The van der Waals surface area contributed by atoms with Gasteiger partial charge in [0.2, 0.25) is 0 Å². The van der Waals surface area contributed by atoms with E-state index >= 15 is 0 Å². The minimum Gasteiger partial charge on any atom is -0.494 e. The summed E-state index contributed by atoms with van der Waals surface area (Å²) in [5, 5.41) is 12.0. The highest BCUT2D eigenvalue weighted by Crippen LogP contribution is 2.27. The Bertz CT molecular complexity index is 645. The van der Waals surface area contributed by atoms with Gasteiger partial charge in [0, 0.05) is 0 Å². The Balaban J connectivity index is 1.70. The zero-order valence-electron chi connectivity index (χ0n) is 15.0. The zero-order chi connectivity index (χ0) is 18.8. The molecule has 0 aromatic heterocycles. The average Bonchev–Trinajstić information content (AvgIpc) is 2.67. The molecule has 0 saturated heterocycles. The minimum atomic E-state index is -0.833. The summed E-state index contributed by atoms with van der Waals surface area (Å²) in [5.74, 6) is 0.0975. The molecule has 1 aliphatic rings. The first-order chi connectivity index (χ1) is 12.6. The Kier molecular flexibility index (Phi) is 7.27. The number of hydrogen-bond acceptors (Lipinski definition) is 6. The number of carbonyl (C=O) groups is 2. The molecule has 1 N–H and O–H groups in total. The van der Waals surface area contributed by atoms with E-state index in [1.54, 1.807) is 24.3 Å². The second-order valence-electron chi connectivity index (χ2n) is 6.16. The van der Waals surface area contributed by atoms with Crippen molar-refractivity contribution in [2.24, 2.45) is 0 Å². The van der Waals surface area contributed by atoms with Crippen LogP contribution in [-0.2, 0) is 14.3 Å². The smallest absolute Gasteiger partial charge is 0.344 e. The molecule has 0 spiro atoms. The number of benzene rings is 1. The maximum absolute atomic E-state index is 12.0. The number of nitrogens with one attached hydrogen (secondary N) is 1. The van der Waals surface area contributed by atoms with Crippen molar-refractivity contribution < 1.29 is 23.8 Å². The Labute approximate surface area is 153 Å². The van der Waals surface area contributed by atoms with Gasteiger partial charge in [0.15, 0.2) is 13.2 Å². The van der Waals surface area contributed by atoms with Gasteiger partial charge in [-0.15, -0.1) is 0 Å². The third kappa shape index (κ3) is 5.96. The number of ether oxygens (including phenoxy) is 3. The predicted molar refractivity (Wildman–Crippen MR) is 93.6 cm³/mol. The van der Waals surface area contributed by atoms with Crippen LogP contribution in [0.15, 0.2) is 24.3 Å². The number of carbonyl (C=O) groups excluding carboxylic acids is 2. The highest BCUT2D eigenvalue weighted by molar-refractivity contribution is 5.81. The predicted octanol–water partition coefficient (Wildman–Crippen LogP) is 2.35. The van der Waals surface area contributed by atoms with Crippen LogP contribution in [0.3, 0.4) is 0 Å². The van der Waals surface area contributed by atoms with Crippen LogP contribution in [0, 0.1) is 11.3 Å². The Morgan fingerprint density at radius 1 is 1.08 bits per heavy atom. The molecule has 0 aliphatic heterocycles. The first-order valence-electron chi connectivity index (χ1n) is 8.80. The molecule has 7 heteroatoms. The Morgan fingerprint density at radius 3 is 2.27 bits per heavy atom. The number of esters is 1. The van der Waals surface area contributed by atoms with Crippen molar-refractivity contribution in [1.29, 1.82) is 5.26 Å². The minimum absolute atomic E-state index is 0.301. The first kappa shape index (κ1) is 19.6. The van der Waals surface area contributed by atoms with Gasteiger partial charge < -0.3 is 19.5 Å². The second kappa shape index (κ2) is 9.66. The lowest BCUT2D eigenvalue weighted by Gasteiger charge is -2.31. The van der Waals surface area contributed by atoms with E-state index in [4.69, 9.17) is 14.2 Å². The molecule has 140 valence electrons. The highest BCUT2D eigenvalue weighted by Gasteiger charge is 2.33. The van der Waals surface area contributed by atoms with Crippen LogP contribution in [0.1, 0.15) is 39.0 Å². The molecule has 0 radical (unpaired) electrons. The normalized spacial score (nSPS) is 15.4. The molecule has 1 aliphatic carbocycles. The molecule has 1 aromatic carbocycles. The van der Waals surface area contributed by atoms with Gasteiger partial charge in [-0.2, -0.15) is 5.26 Å². The van der Waals surface area contributed by atoms with Crippen molar-refractivity contribution >= 4 is 11.9 Å². The van der Waals surface area contributed by atoms with E-state index in [2.05, 4.69) is 11.4 Å². The molecular formula is C19H24N2O5. The summed E-state index contributed by atoms with van der Waals surface area (Å²) in [6.07, 6.45) is 4.14. The summed E-state index contributed by atoms with van der Waals surface area (Å²) < 4.78 is 15.5. The fourth-order valence-corrected chi connectivity index (χ4v) is 2.85. The van der Waals surface area contributed by atoms with E-state index < -0.39 is 24.0 Å².